The number of aliphatic carboxylic acids is 1. The molecule has 0 unspecified atom stereocenters. The Morgan fingerprint density at radius 3 is 2.17 bits per heavy atom. The summed E-state index contributed by atoms with van der Waals surface area (Å²) in [6.45, 7) is 4.10. The second-order valence-electron chi connectivity index (χ2n) is 4.58. The summed E-state index contributed by atoms with van der Waals surface area (Å²) in [5, 5.41) is 17.7. The van der Waals surface area contributed by atoms with Gasteiger partial charge < -0.3 is 10.2 Å². The van der Waals surface area contributed by atoms with Crippen LogP contribution in [0.4, 0.5) is 0 Å². The highest BCUT2D eigenvalue weighted by atomic mass is 16.4. The molecular formula is C9H16O3. The third-order valence-electron chi connectivity index (χ3n) is 2.68. The Morgan fingerprint density at radius 1 is 1.42 bits per heavy atom. The van der Waals surface area contributed by atoms with Crippen molar-refractivity contribution < 1.29 is 15.0 Å². The van der Waals surface area contributed by atoms with Crippen LogP contribution in [0.15, 0.2) is 0 Å². The van der Waals surface area contributed by atoms with Gasteiger partial charge in [-0.25, -0.2) is 0 Å². The maximum atomic E-state index is 10.9. The van der Waals surface area contributed by atoms with Gasteiger partial charge in [-0.15, -0.1) is 0 Å². The minimum absolute atomic E-state index is 0.0254. The molecule has 0 aromatic carbocycles. The van der Waals surface area contributed by atoms with Crippen molar-refractivity contribution in [3.8, 4) is 0 Å². The third kappa shape index (κ3) is 1.46. The number of carboxylic acid groups (broad SMARTS) is 1. The molecular weight excluding hydrogens is 156 g/mol. The molecule has 0 radical (unpaired) electrons. The van der Waals surface area contributed by atoms with E-state index in [2.05, 4.69) is 13.8 Å². The summed E-state index contributed by atoms with van der Waals surface area (Å²) in [6, 6.07) is 0. The van der Waals surface area contributed by atoms with Gasteiger partial charge in [0.25, 0.3) is 0 Å². The Morgan fingerprint density at radius 2 is 1.92 bits per heavy atom. The molecule has 3 heteroatoms. The molecule has 3 nitrogen and oxygen atoms in total. The molecule has 1 aliphatic rings. The monoisotopic (exact) mass is 172 g/mol. The fraction of sp³-hybridized carbons (Fsp3) is 0.889. The van der Waals surface area contributed by atoms with Crippen LogP contribution in [0.25, 0.3) is 0 Å². The zero-order chi connectivity index (χ0) is 9.41. The second-order valence-corrected chi connectivity index (χ2v) is 4.58. The summed E-state index contributed by atoms with van der Waals surface area (Å²) in [4.78, 5) is 10.9. The average molecular weight is 172 g/mol. The van der Waals surface area contributed by atoms with Gasteiger partial charge in [0.05, 0.1) is 5.41 Å². The van der Waals surface area contributed by atoms with Gasteiger partial charge in [-0.2, -0.15) is 0 Å². The van der Waals surface area contributed by atoms with Gasteiger partial charge in [-0.1, -0.05) is 13.8 Å². The Hall–Kier alpha value is -0.570. The van der Waals surface area contributed by atoms with Crippen LogP contribution in [-0.4, -0.2) is 22.8 Å². The largest absolute Gasteiger partial charge is 0.481 e. The lowest BCUT2D eigenvalue weighted by atomic mass is 9.53. The second kappa shape index (κ2) is 2.73. The minimum atomic E-state index is -0.754. The Bertz CT molecular complexity index is 188. The van der Waals surface area contributed by atoms with Gasteiger partial charge in [0.1, 0.15) is 0 Å². The molecule has 0 amide bonds. The third-order valence-corrected chi connectivity index (χ3v) is 2.68. The van der Waals surface area contributed by atoms with E-state index in [1.54, 1.807) is 0 Å². The van der Waals surface area contributed by atoms with Gasteiger partial charge >= 0.3 is 5.97 Å². The zero-order valence-corrected chi connectivity index (χ0v) is 7.63. The van der Waals surface area contributed by atoms with Crippen LogP contribution in [0.1, 0.15) is 33.1 Å². The molecule has 2 N–H and O–H groups in total. The van der Waals surface area contributed by atoms with E-state index in [1.165, 1.54) is 0 Å². The first-order valence-corrected chi connectivity index (χ1v) is 4.26. The fourth-order valence-electron chi connectivity index (χ4n) is 2.43. The number of rotatable bonds is 3. The summed E-state index contributed by atoms with van der Waals surface area (Å²) in [6.07, 6.45) is 1.78. The maximum Gasteiger partial charge on any atom is 0.309 e. The Labute approximate surface area is 72.4 Å². The molecule has 0 spiro atoms. The molecule has 1 aliphatic carbocycles. The van der Waals surface area contributed by atoms with Crippen LogP contribution in [0.3, 0.4) is 0 Å². The van der Waals surface area contributed by atoms with Crippen LogP contribution in [0.2, 0.25) is 0 Å². The number of aliphatic hydroxyl groups is 1. The summed E-state index contributed by atoms with van der Waals surface area (Å²) in [5.74, 6) is -0.754. The zero-order valence-electron chi connectivity index (χ0n) is 7.63. The summed E-state index contributed by atoms with van der Waals surface area (Å²) < 4.78 is 0. The summed E-state index contributed by atoms with van der Waals surface area (Å²) in [7, 11) is 0. The number of hydrogen-bond acceptors (Lipinski definition) is 2. The predicted octanol–water partition coefficient (Wildman–Crippen LogP) is 1.26. The normalized spacial score (nSPS) is 24.6. The highest BCUT2D eigenvalue weighted by Crippen LogP contribution is 2.55. The molecule has 0 saturated heterocycles. The Balaban J connectivity index is 2.62. The molecule has 0 aliphatic heterocycles. The summed E-state index contributed by atoms with van der Waals surface area (Å²) >= 11 is 0. The van der Waals surface area contributed by atoms with E-state index in [4.69, 9.17) is 10.2 Å². The van der Waals surface area contributed by atoms with Gasteiger partial charge in [0, 0.05) is 6.61 Å². The van der Waals surface area contributed by atoms with Crippen molar-refractivity contribution in [2.75, 3.05) is 6.61 Å². The standard InChI is InChI=1S/C9H16O3/c1-8(2)5-9(6-8,3-4-10)7(11)12/h10H,3-6H2,1-2H3,(H,11,12). The van der Waals surface area contributed by atoms with Gasteiger partial charge in [-0.3, -0.25) is 4.79 Å². The van der Waals surface area contributed by atoms with E-state index in [-0.39, 0.29) is 12.0 Å². The van der Waals surface area contributed by atoms with Crippen LogP contribution in [0, 0.1) is 10.8 Å². The average Bonchev–Trinajstić information content (AvgIpc) is 1.83. The molecule has 12 heavy (non-hydrogen) atoms. The lowest BCUT2D eigenvalue weighted by Crippen LogP contribution is -2.49. The molecule has 0 bridgehead atoms. The van der Waals surface area contributed by atoms with Crippen molar-refractivity contribution >= 4 is 5.97 Å². The highest BCUT2D eigenvalue weighted by Gasteiger charge is 2.53. The SMILES string of the molecule is CC1(C)CC(CCO)(C(=O)O)C1. The van der Waals surface area contributed by atoms with E-state index < -0.39 is 11.4 Å². The van der Waals surface area contributed by atoms with Crippen molar-refractivity contribution in [1.82, 2.24) is 0 Å². The number of hydrogen-bond donors (Lipinski definition) is 2. The molecule has 70 valence electrons. The smallest absolute Gasteiger partial charge is 0.309 e. The van der Waals surface area contributed by atoms with Gasteiger partial charge in [0.15, 0.2) is 0 Å². The maximum absolute atomic E-state index is 10.9. The van der Waals surface area contributed by atoms with Crippen LogP contribution < -0.4 is 0 Å². The van der Waals surface area contributed by atoms with Crippen LogP contribution >= 0.6 is 0 Å². The molecule has 0 heterocycles. The number of carboxylic acids is 1. The lowest BCUT2D eigenvalue weighted by molar-refractivity contribution is -0.165. The number of aliphatic hydroxyl groups excluding tert-OH is 1. The summed E-state index contributed by atoms with van der Waals surface area (Å²) in [5.41, 5.74) is -0.480. The predicted molar refractivity (Wildman–Crippen MR) is 44.8 cm³/mol. The molecule has 0 aromatic rings. The Kier molecular flexibility index (Phi) is 2.17. The molecule has 1 rings (SSSR count). The van der Waals surface area contributed by atoms with E-state index in [0.717, 1.165) is 0 Å². The van der Waals surface area contributed by atoms with E-state index >= 15 is 0 Å². The first kappa shape index (κ1) is 9.52. The highest BCUT2D eigenvalue weighted by molar-refractivity contribution is 5.76. The molecule has 1 saturated carbocycles. The van der Waals surface area contributed by atoms with E-state index in [0.29, 0.717) is 19.3 Å². The minimum Gasteiger partial charge on any atom is -0.481 e. The van der Waals surface area contributed by atoms with Crippen molar-refractivity contribution in [3.63, 3.8) is 0 Å². The van der Waals surface area contributed by atoms with Crippen molar-refractivity contribution in [1.29, 1.82) is 0 Å². The van der Waals surface area contributed by atoms with Crippen LogP contribution in [-0.2, 0) is 4.79 Å². The molecule has 0 aromatic heterocycles. The molecule has 1 fully saturated rings. The van der Waals surface area contributed by atoms with E-state index in [1.807, 2.05) is 0 Å². The first-order chi connectivity index (χ1) is 5.42. The quantitative estimate of drug-likeness (QED) is 0.673. The van der Waals surface area contributed by atoms with E-state index in [9.17, 15) is 4.79 Å². The first-order valence-electron chi connectivity index (χ1n) is 4.26. The van der Waals surface area contributed by atoms with Gasteiger partial charge in [-0.05, 0) is 24.7 Å². The topological polar surface area (TPSA) is 57.5 Å². The van der Waals surface area contributed by atoms with Crippen LogP contribution in [0.5, 0.6) is 0 Å². The van der Waals surface area contributed by atoms with Crippen molar-refractivity contribution in [2.45, 2.75) is 33.1 Å². The number of carbonyl (C=O) groups is 1. The van der Waals surface area contributed by atoms with Gasteiger partial charge in [0.2, 0.25) is 0 Å². The van der Waals surface area contributed by atoms with Crippen molar-refractivity contribution in [2.24, 2.45) is 10.8 Å². The lowest BCUT2D eigenvalue weighted by Gasteiger charge is -2.50. The molecule has 0 atom stereocenters. The fourth-order valence-corrected chi connectivity index (χ4v) is 2.43. The van der Waals surface area contributed by atoms with Crippen molar-refractivity contribution in [3.05, 3.63) is 0 Å².